The fraction of sp³-hybridized carbons (Fsp3) is 0.0833. The van der Waals surface area contributed by atoms with E-state index in [0.717, 1.165) is 0 Å². The van der Waals surface area contributed by atoms with Crippen LogP contribution in [0.5, 0.6) is 5.75 Å². The highest BCUT2D eigenvalue weighted by Crippen LogP contribution is 2.22. The zero-order valence-electron chi connectivity index (χ0n) is 9.65. The molecule has 1 heterocycles. The number of nitrogens with two attached hydrogens (primary N) is 1. The minimum atomic E-state index is -0.532. The van der Waals surface area contributed by atoms with Crippen LogP contribution in [-0.4, -0.2) is 5.91 Å². The Balaban J connectivity index is 2.08. The lowest BCUT2D eigenvalue weighted by Gasteiger charge is -2.06. The molecule has 0 aliphatic carbocycles. The second kappa shape index (κ2) is 5.73. The quantitative estimate of drug-likeness (QED) is 0.513. The third-order valence-electron chi connectivity index (χ3n) is 2.38. The molecule has 19 heavy (non-hydrogen) atoms. The molecule has 0 spiro atoms. The van der Waals surface area contributed by atoms with E-state index in [1.807, 2.05) is 5.43 Å². The molecule has 0 fully saturated rings. The first kappa shape index (κ1) is 13.4. The number of hydrazine groups is 1. The van der Waals surface area contributed by atoms with Gasteiger partial charge in [0.2, 0.25) is 0 Å². The molecular weight excluding hydrogens is 275 g/mol. The summed E-state index contributed by atoms with van der Waals surface area (Å²) < 4.78 is 23.4. The van der Waals surface area contributed by atoms with Crippen LogP contribution in [-0.2, 0) is 6.61 Å². The molecule has 1 aromatic carbocycles. The van der Waals surface area contributed by atoms with E-state index in [-0.39, 0.29) is 17.2 Å². The summed E-state index contributed by atoms with van der Waals surface area (Å²) in [6.07, 6.45) is 1.35. The Morgan fingerprint density at radius 3 is 2.95 bits per heavy atom. The summed E-state index contributed by atoms with van der Waals surface area (Å²) in [4.78, 5) is 11.4. The van der Waals surface area contributed by atoms with Crippen LogP contribution in [0.2, 0.25) is 5.02 Å². The second-order valence-corrected chi connectivity index (χ2v) is 4.00. The number of carbonyl (C=O) groups is 1. The van der Waals surface area contributed by atoms with Gasteiger partial charge in [0, 0.05) is 6.07 Å². The van der Waals surface area contributed by atoms with Crippen molar-refractivity contribution in [1.82, 2.24) is 5.43 Å². The monoisotopic (exact) mass is 284 g/mol. The van der Waals surface area contributed by atoms with Crippen molar-refractivity contribution in [3.8, 4) is 5.75 Å². The predicted molar refractivity (Wildman–Crippen MR) is 66.1 cm³/mol. The number of benzene rings is 1. The Hall–Kier alpha value is -2.05. The van der Waals surface area contributed by atoms with E-state index in [0.29, 0.717) is 11.5 Å². The Morgan fingerprint density at radius 2 is 2.26 bits per heavy atom. The molecule has 1 aromatic heterocycles. The van der Waals surface area contributed by atoms with Crippen molar-refractivity contribution in [2.45, 2.75) is 6.61 Å². The summed E-state index contributed by atoms with van der Waals surface area (Å²) in [5, 5.41) is -0.0446. The van der Waals surface area contributed by atoms with Crippen molar-refractivity contribution in [2.75, 3.05) is 0 Å². The molecule has 0 aliphatic heterocycles. The fourth-order valence-corrected chi connectivity index (χ4v) is 1.62. The maximum absolute atomic E-state index is 13.0. The molecule has 3 N–H and O–H groups in total. The standard InChI is InChI=1S/C12H10ClFN2O3/c13-9-5-7(1-2-10(9)14)19-6-11-8(3-4-18-11)12(17)16-15/h1-5H,6,15H2,(H,16,17). The number of halogens is 2. The molecule has 0 saturated carbocycles. The van der Waals surface area contributed by atoms with Crippen LogP contribution in [0, 0.1) is 5.82 Å². The molecule has 5 nitrogen and oxygen atoms in total. The van der Waals surface area contributed by atoms with Gasteiger partial charge in [0.05, 0.1) is 16.8 Å². The summed E-state index contributed by atoms with van der Waals surface area (Å²) in [7, 11) is 0. The smallest absolute Gasteiger partial charge is 0.268 e. The SMILES string of the molecule is NNC(=O)c1ccoc1COc1ccc(F)c(Cl)c1. The van der Waals surface area contributed by atoms with Crippen molar-refractivity contribution < 1.29 is 18.3 Å². The Kier molecular flexibility index (Phi) is 4.03. The summed E-state index contributed by atoms with van der Waals surface area (Å²) in [5.74, 6) is 4.69. The van der Waals surface area contributed by atoms with Crippen molar-refractivity contribution in [3.05, 3.63) is 52.7 Å². The number of furan rings is 1. The molecule has 7 heteroatoms. The molecular formula is C12H10ClFN2O3. The number of rotatable bonds is 4. The van der Waals surface area contributed by atoms with Gasteiger partial charge in [-0.2, -0.15) is 0 Å². The lowest BCUT2D eigenvalue weighted by molar-refractivity contribution is 0.0949. The maximum atomic E-state index is 13.0. The van der Waals surface area contributed by atoms with Gasteiger partial charge < -0.3 is 9.15 Å². The van der Waals surface area contributed by atoms with Gasteiger partial charge >= 0.3 is 0 Å². The Labute approximate surface area is 113 Å². The number of nitrogens with one attached hydrogen (secondary N) is 1. The van der Waals surface area contributed by atoms with Crippen LogP contribution in [0.3, 0.4) is 0 Å². The minimum Gasteiger partial charge on any atom is -0.486 e. The highest BCUT2D eigenvalue weighted by molar-refractivity contribution is 6.30. The number of amides is 1. The van der Waals surface area contributed by atoms with Crippen LogP contribution in [0.15, 0.2) is 34.9 Å². The number of carbonyl (C=O) groups excluding carboxylic acids is 1. The van der Waals surface area contributed by atoms with E-state index < -0.39 is 11.7 Å². The van der Waals surface area contributed by atoms with Crippen LogP contribution in [0.25, 0.3) is 0 Å². The minimum absolute atomic E-state index is 0.00227. The van der Waals surface area contributed by atoms with Crippen LogP contribution < -0.4 is 16.0 Å². The molecule has 0 atom stereocenters. The van der Waals surface area contributed by atoms with Gasteiger partial charge in [0.15, 0.2) is 5.76 Å². The topological polar surface area (TPSA) is 77.5 Å². The molecule has 0 unspecified atom stereocenters. The number of ether oxygens (including phenoxy) is 1. The van der Waals surface area contributed by atoms with Crippen molar-refractivity contribution in [3.63, 3.8) is 0 Å². The van der Waals surface area contributed by atoms with Gasteiger partial charge in [-0.05, 0) is 18.2 Å². The van der Waals surface area contributed by atoms with E-state index >= 15 is 0 Å². The number of hydrogen-bond donors (Lipinski definition) is 2. The third-order valence-corrected chi connectivity index (χ3v) is 2.67. The summed E-state index contributed by atoms with van der Waals surface area (Å²) in [6, 6.07) is 5.42. The first-order valence-electron chi connectivity index (χ1n) is 5.27. The molecule has 2 rings (SSSR count). The van der Waals surface area contributed by atoms with Crippen molar-refractivity contribution in [1.29, 1.82) is 0 Å². The maximum Gasteiger partial charge on any atom is 0.268 e. The Bertz CT molecular complexity index is 600. The normalized spacial score (nSPS) is 10.3. The van der Waals surface area contributed by atoms with Crippen molar-refractivity contribution >= 4 is 17.5 Å². The van der Waals surface area contributed by atoms with Gasteiger partial charge in [-0.1, -0.05) is 11.6 Å². The van der Waals surface area contributed by atoms with Gasteiger partial charge in [-0.3, -0.25) is 10.2 Å². The second-order valence-electron chi connectivity index (χ2n) is 3.60. The zero-order chi connectivity index (χ0) is 13.8. The average molecular weight is 285 g/mol. The molecule has 2 aromatic rings. The van der Waals surface area contributed by atoms with Crippen LogP contribution in [0.1, 0.15) is 16.1 Å². The summed E-state index contributed by atoms with van der Waals surface area (Å²) >= 11 is 5.62. The number of hydrogen-bond acceptors (Lipinski definition) is 4. The van der Waals surface area contributed by atoms with E-state index in [1.54, 1.807) is 0 Å². The number of nitrogen functional groups attached to an aromatic ring is 1. The van der Waals surface area contributed by atoms with E-state index in [4.69, 9.17) is 26.6 Å². The molecule has 0 saturated heterocycles. The van der Waals surface area contributed by atoms with Gasteiger partial charge in [0.1, 0.15) is 18.2 Å². The molecule has 1 amide bonds. The van der Waals surface area contributed by atoms with E-state index in [9.17, 15) is 9.18 Å². The molecule has 100 valence electrons. The van der Waals surface area contributed by atoms with Crippen molar-refractivity contribution in [2.24, 2.45) is 5.84 Å². The average Bonchev–Trinajstić information content (AvgIpc) is 2.87. The molecule has 0 bridgehead atoms. The lowest BCUT2D eigenvalue weighted by atomic mass is 10.2. The van der Waals surface area contributed by atoms with Gasteiger partial charge in [-0.15, -0.1) is 0 Å². The molecule has 0 aliphatic rings. The largest absolute Gasteiger partial charge is 0.486 e. The van der Waals surface area contributed by atoms with Crippen LogP contribution >= 0.6 is 11.6 Å². The summed E-state index contributed by atoms with van der Waals surface area (Å²) in [5.41, 5.74) is 2.27. The third kappa shape index (κ3) is 3.04. The molecule has 0 radical (unpaired) electrons. The highest BCUT2D eigenvalue weighted by atomic mass is 35.5. The highest BCUT2D eigenvalue weighted by Gasteiger charge is 2.14. The predicted octanol–water partition coefficient (Wildman–Crippen LogP) is 2.25. The fourth-order valence-electron chi connectivity index (χ4n) is 1.45. The first-order chi connectivity index (χ1) is 9.11. The summed E-state index contributed by atoms with van der Waals surface area (Å²) in [6.45, 7) is -0.00227. The van der Waals surface area contributed by atoms with E-state index in [2.05, 4.69) is 0 Å². The Morgan fingerprint density at radius 1 is 1.47 bits per heavy atom. The van der Waals surface area contributed by atoms with Gasteiger partial charge in [0.25, 0.3) is 5.91 Å². The zero-order valence-corrected chi connectivity index (χ0v) is 10.4. The lowest BCUT2D eigenvalue weighted by Crippen LogP contribution is -2.30. The first-order valence-corrected chi connectivity index (χ1v) is 5.64. The van der Waals surface area contributed by atoms with Gasteiger partial charge in [-0.25, -0.2) is 10.2 Å². The van der Waals surface area contributed by atoms with Crippen LogP contribution in [0.4, 0.5) is 4.39 Å². The van der Waals surface area contributed by atoms with E-state index in [1.165, 1.54) is 30.5 Å².